The van der Waals surface area contributed by atoms with Gasteiger partial charge in [-0.15, -0.1) is 0 Å². The van der Waals surface area contributed by atoms with Gasteiger partial charge in [0.25, 0.3) is 0 Å². The molecule has 1 atom stereocenters. The highest BCUT2D eigenvalue weighted by Crippen LogP contribution is 2.20. The second kappa shape index (κ2) is 3.44. The standard InChI is InChI=1S/C10H15N3O/c1-7-5-6-11-13(7)8(2)10(14)12-9-3-4-9/h5-6,8-9H,3-4H2,1-2H3,(H,12,14). The van der Waals surface area contributed by atoms with Gasteiger partial charge in [0.15, 0.2) is 0 Å². The van der Waals surface area contributed by atoms with Crippen LogP contribution < -0.4 is 5.32 Å². The molecule has 1 aliphatic carbocycles. The van der Waals surface area contributed by atoms with Gasteiger partial charge in [-0.1, -0.05) is 0 Å². The van der Waals surface area contributed by atoms with Gasteiger partial charge in [-0.2, -0.15) is 5.10 Å². The Bertz CT molecular complexity index is 341. The minimum absolute atomic E-state index is 0.0688. The Morgan fingerprint density at radius 1 is 1.71 bits per heavy atom. The van der Waals surface area contributed by atoms with Crippen molar-refractivity contribution in [3.05, 3.63) is 18.0 Å². The molecule has 0 bridgehead atoms. The highest BCUT2D eigenvalue weighted by Gasteiger charge is 2.26. The van der Waals surface area contributed by atoms with Crippen LogP contribution in [0.3, 0.4) is 0 Å². The number of carbonyl (C=O) groups is 1. The quantitative estimate of drug-likeness (QED) is 0.779. The molecule has 4 nitrogen and oxygen atoms in total. The second-order valence-electron chi connectivity index (χ2n) is 3.88. The van der Waals surface area contributed by atoms with Crippen LogP contribution in [0.2, 0.25) is 0 Å². The summed E-state index contributed by atoms with van der Waals surface area (Å²) < 4.78 is 1.75. The number of aryl methyl sites for hydroxylation is 1. The van der Waals surface area contributed by atoms with E-state index in [9.17, 15) is 4.79 Å². The van der Waals surface area contributed by atoms with Gasteiger partial charge in [-0.05, 0) is 32.8 Å². The number of nitrogens with one attached hydrogen (secondary N) is 1. The van der Waals surface area contributed by atoms with E-state index in [0.717, 1.165) is 18.5 Å². The van der Waals surface area contributed by atoms with Crippen LogP contribution in [0.5, 0.6) is 0 Å². The molecule has 76 valence electrons. The Morgan fingerprint density at radius 2 is 2.43 bits per heavy atom. The van der Waals surface area contributed by atoms with Gasteiger partial charge < -0.3 is 5.32 Å². The molecule has 14 heavy (non-hydrogen) atoms. The smallest absolute Gasteiger partial charge is 0.244 e. The molecule has 1 aliphatic rings. The van der Waals surface area contributed by atoms with Crippen molar-refractivity contribution in [1.29, 1.82) is 0 Å². The third-order valence-corrected chi connectivity index (χ3v) is 2.54. The summed E-state index contributed by atoms with van der Waals surface area (Å²) in [5.41, 5.74) is 1.02. The third kappa shape index (κ3) is 1.78. The summed E-state index contributed by atoms with van der Waals surface area (Å²) in [4.78, 5) is 11.7. The minimum Gasteiger partial charge on any atom is -0.352 e. The molecular weight excluding hydrogens is 178 g/mol. The predicted molar refractivity (Wildman–Crippen MR) is 52.8 cm³/mol. The van der Waals surface area contributed by atoms with Crippen molar-refractivity contribution in [3.8, 4) is 0 Å². The number of carbonyl (C=O) groups excluding carboxylic acids is 1. The Balaban J connectivity index is 2.03. The van der Waals surface area contributed by atoms with Gasteiger partial charge in [0.1, 0.15) is 6.04 Å². The summed E-state index contributed by atoms with van der Waals surface area (Å²) in [5.74, 6) is 0.0688. The van der Waals surface area contributed by atoms with E-state index in [0.29, 0.717) is 6.04 Å². The first-order valence-electron chi connectivity index (χ1n) is 4.99. The third-order valence-electron chi connectivity index (χ3n) is 2.54. The molecule has 0 saturated heterocycles. The highest BCUT2D eigenvalue weighted by molar-refractivity contribution is 5.80. The lowest BCUT2D eigenvalue weighted by atomic mass is 10.3. The van der Waals surface area contributed by atoms with E-state index in [2.05, 4.69) is 10.4 Å². The van der Waals surface area contributed by atoms with Crippen LogP contribution in [0.25, 0.3) is 0 Å². The molecule has 1 amide bonds. The first kappa shape index (κ1) is 9.24. The van der Waals surface area contributed by atoms with Gasteiger partial charge in [-0.25, -0.2) is 0 Å². The summed E-state index contributed by atoms with van der Waals surface area (Å²) in [7, 11) is 0. The van der Waals surface area contributed by atoms with Crippen LogP contribution in [-0.4, -0.2) is 21.7 Å². The zero-order valence-corrected chi connectivity index (χ0v) is 8.53. The van der Waals surface area contributed by atoms with Crippen LogP contribution in [0, 0.1) is 6.92 Å². The van der Waals surface area contributed by atoms with Gasteiger partial charge in [0.05, 0.1) is 0 Å². The highest BCUT2D eigenvalue weighted by atomic mass is 16.2. The fourth-order valence-electron chi connectivity index (χ4n) is 1.45. The number of rotatable bonds is 3. The van der Waals surface area contributed by atoms with Crippen molar-refractivity contribution in [3.63, 3.8) is 0 Å². The number of hydrogen-bond donors (Lipinski definition) is 1. The number of hydrogen-bond acceptors (Lipinski definition) is 2. The summed E-state index contributed by atoms with van der Waals surface area (Å²) in [6.45, 7) is 3.83. The fourth-order valence-corrected chi connectivity index (χ4v) is 1.45. The van der Waals surface area contributed by atoms with Crippen molar-refractivity contribution in [1.82, 2.24) is 15.1 Å². The molecule has 1 aromatic heterocycles. The van der Waals surface area contributed by atoms with Crippen LogP contribution in [0.4, 0.5) is 0 Å². The van der Waals surface area contributed by atoms with Gasteiger partial charge >= 0.3 is 0 Å². The van der Waals surface area contributed by atoms with Crippen LogP contribution in [-0.2, 0) is 4.79 Å². The molecule has 1 unspecified atom stereocenters. The maximum absolute atomic E-state index is 11.7. The molecule has 4 heteroatoms. The molecule has 0 spiro atoms. The monoisotopic (exact) mass is 193 g/mol. The summed E-state index contributed by atoms with van der Waals surface area (Å²) in [5, 5.41) is 7.09. The lowest BCUT2D eigenvalue weighted by molar-refractivity contribution is -0.124. The maximum atomic E-state index is 11.7. The fraction of sp³-hybridized carbons (Fsp3) is 0.600. The lowest BCUT2D eigenvalue weighted by Gasteiger charge is -2.13. The maximum Gasteiger partial charge on any atom is 0.244 e. The van der Waals surface area contributed by atoms with E-state index in [4.69, 9.17) is 0 Å². The zero-order chi connectivity index (χ0) is 10.1. The molecule has 1 saturated carbocycles. The normalized spacial score (nSPS) is 17.9. The van der Waals surface area contributed by atoms with Crippen molar-refractivity contribution >= 4 is 5.91 Å². The van der Waals surface area contributed by atoms with E-state index < -0.39 is 0 Å². The van der Waals surface area contributed by atoms with Gasteiger partial charge in [0, 0.05) is 17.9 Å². The Labute approximate surface area is 83.3 Å². The molecule has 1 heterocycles. The van der Waals surface area contributed by atoms with Crippen molar-refractivity contribution in [2.45, 2.75) is 38.8 Å². The van der Waals surface area contributed by atoms with Crippen LogP contribution in [0.1, 0.15) is 31.5 Å². The summed E-state index contributed by atoms with van der Waals surface area (Å²) >= 11 is 0. The largest absolute Gasteiger partial charge is 0.352 e. The van der Waals surface area contributed by atoms with E-state index >= 15 is 0 Å². The molecule has 1 fully saturated rings. The molecule has 1 N–H and O–H groups in total. The van der Waals surface area contributed by atoms with Gasteiger partial charge in [0.2, 0.25) is 5.91 Å². The Kier molecular flexibility index (Phi) is 2.27. The molecule has 0 aliphatic heterocycles. The number of amides is 1. The molecule has 1 aromatic rings. The first-order valence-corrected chi connectivity index (χ1v) is 4.99. The van der Waals surface area contributed by atoms with E-state index in [-0.39, 0.29) is 11.9 Å². The van der Waals surface area contributed by atoms with E-state index in [1.54, 1.807) is 10.9 Å². The second-order valence-corrected chi connectivity index (χ2v) is 3.88. The van der Waals surface area contributed by atoms with E-state index in [1.807, 2.05) is 19.9 Å². The van der Waals surface area contributed by atoms with Crippen molar-refractivity contribution < 1.29 is 4.79 Å². The summed E-state index contributed by atoms with van der Waals surface area (Å²) in [6.07, 6.45) is 3.96. The lowest BCUT2D eigenvalue weighted by Crippen LogP contribution is -2.33. The molecule has 0 radical (unpaired) electrons. The summed E-state index contributed by atoms with van der Waals surface area (Å²) in [6, 6.07) is 2.12. The number of aromatic nitrogens is 2. The topological polar surface area (TPSA) is 46.9 Å². The average molecular weight is 193 g/mol. The molecular formula is C10H15N3O. The molecule has 0 aromatic carbocycles. The Hall–Kier alpha value is -1.32. The zero-order valence-electron chi connectivity index (χ0n) is 8.53. The van der Waals surface area contributed by atoms with Crippen molar-refractivity contribution in [2.24, 2.45) is 0 Å². The average Bonchev–Trinajstić information content (AvgIpc) is 2.86. The molecule has 2 rings (SSSR count). The minimum atomic E-state index is -0.203. The van der Waals surface area contributed by atoms with E-state index in [1.165, 1.54) is 0 Å². The Morgan fingerprint density at radius 3 is 2.93 bits per heavy atom. The first-order chi connectivity index (χ1) is 6.68. The SMILES string of the molecule is Cc1ccnn1C(C)C(=O)NC1CC1. The number of nitrogens with zero attached hydrogens (tertiary/aromatic N) is 2. The van der Waals surface area contributed by atoms with Crippen molar-refractivity contribution in [2.75, 3.05) is 0 Å². The predicted octanol–water partition coefficient (Wildman–Crippen LogP) is 1.03. The van der Waals surface area contributed by atoms with Crippen LogP contribution in [0.15, 0.2) is 12.3 Å². The van der Waals surface area contributed by atoms with Crippen LogP contribution >= 0.6 is 0 Å². The van der Waals surface area contributed by atoms with Gasteiger partial charge in [-0.3, -0.25) is 9.48 Å².